The number of amides is 1. The van der Waals surface area contributed by atoms with Crippen LogP contribution < -0.4 is 9.80 Å². The molecule has 0 radical (unpaired) electrons. The number of carboxylic acid groups (broad SMARTS) is 1. The first-order chi connectivity index (χ1) is 9.08. The first-order valence-electron chi connectivity index (χ1n) is 5.61. The Bertz CT molecular complexity index is 628. The predicted molar refractivity (Wildman–Crippen MR) is 75.0 cm³/mol. The minimum Gasteiger partial charge on any atom is -0.465 e. The van der Waals surface area contributed by atoms with Crippen molar-refractivity contribution in [3.63, 3.8) is 0 Å². The molecule has 1 aromatic heterocycles. The summed E-state index contributed by atoms with van der Waals surface area (Å²) in [5, 5.41) is 8.96. The monoisotopic (exact) mass is 323 g/mol. The lowest BCUT2D eigenvalue weighted by Gasteiger charge is -2.25. The van der Waals surface area contributed by atoms with Crippen molar-refractivity contribution in [3.8, 4) is 0 Å². The number of hydrogen-bond acceptors (Lipinski definition) is 5. The van der Waals surface area contributed by atoms with E-state index >= 15 is 0 Å². The second-order valence-electron chi connectivity index (χ2n) is 4.14. The maximum Gasteiger partial charge on any atom is 0.413 e. The third-order valence-corrected chi connectivity index (χ3v) is 3.55. The van der Waals surface area contributed by atoms with Gasteiger partial charge < -0.3 is 10.0 Å². The number of nitrogens with zero attached hydrogens (tertiary/aromatic N) is 5. The molecule has 1 aromatic rings. The molecule has 0 saturated heterocycles. The molecule has 0 unspecified atom stereocenters. The molecule has 7 nitrogen and oxygen atoms in total. The van der Waals surface area contributed by atoms with Gasteiger partial charge >= 0.3 is 6.09 Å². The average Bonchev–Trinajstić information content (AvgIpc) is 2.87. The Hall–Kier alpha value is -1.96. The van der Waals surface area contributed by atoms with Gasteiger partial charge in [0.2, 0.25) is 5.95 Å². The van der Waals surface area contributed by atoms with E-state index in [1.54, 1.807) is 6.20 Å². The third-order valence-electron chi connectivity index (χ3n) is 2.96. The maximum absolute atomic E-state index is 10.9. The molecule has 0 spiro atoms. The second-order valence-corrected chi connectivity index (χ2v) is 4.99. The van der Waals surface area contributed by atoms with Gasteiger partial charge in [0, 0.05) is 25.4 Å². The molecule has 0 fully saturated rings. The number of carbonyl (C=O) groups is 1. The number of halogens is 1. The molecule has 3 rings (SSSR count). The lowest BCUT2D eigenvalue weighted by Crippen LogP contribution is -2.33. The zero-order valence-electron chi connectivity index (χ0n) is 10.0. The van der Waals surface area contributed by atoms with Crippen LogP contribution in [0.15, 0.2) is 15.7 Å². The molecule has 0 atom stereocenters. The van der Waals surface area contributed by atoms with E-state index in [2.05, 4.69) is 30.9 Å². The molecule has 0 aromatic carbocycles. The molecule has 3 heterocycles. The van der Waals surface area contributed by atoms with Crippen LogP contribution in [0.3, 0.4) is 0 Å². The van der Waals surface area contributed by atoms with Crippen molar-refractivity contribution in [2.75, 3.05) is 29.9 Å². The Kier molecular flexibility index (Phi) is 2.74. The summed E-state index contributed by atoms with van der Waals surface area (Å²) >= 11 is 3.46. The van der Waals surface area contributed by atoms with E-state index in [1.807, 2.05) is 11.0 Å². The largest absolute Gasteiger partial charge is 0.465 e. The highest BCUT2D eigenvalue weighted by atomic mass is 79.9. The molecule has 1 amide bonds. The van der Waals surface area contributed by atoms with Crippen molar-refractivity contribution in [2.45, 2.75) is 0 Å². The summed E-state index contributed by atoms with van der Waals surface area (Å²) in [5.41, 5.74) is 0.843. The maximum atomic E-state index is 10.9. The van der Waals surface area contributed by atoms with E-state index in [9.17, 15) is 4.79 Å². The summed E-state index contributed by atoms with van der Waals surface area (Å²) in [6.45, 7) is 1.43. The Balaban J connectivity index is 2.09. The first kappa shape index (κ1) is 12.1. The standard InChI is InChI=1S/C11H10BrN5O2/c1-16(11(18)19)10-14-5-6-4-7(12)9-13-2-3-17(9)8(6)15-10/h4-5H,2-3H2,1H3,(H,18,19). The van der Waals surface area contributed by atoms with Crippen molar-refractivity contribution in [2.24, 2.45) is 4.99 Å². The first-order valence-corrected chi connectivity index (χ1v) is 6.40. The van der Waals surface area contributed by atoms with E-state index < -0.39 is 6.09 Å². The molecular weight excluding hydrogens is 314 g/mol. The van der Waals surface area contributed by atoms with Crippen molar-refractivity contribution in [3.05, 3.63) is 16.2 Å². The van der Waals surface area contributed by atoms with Crippen LogP contribution in [0.5, 0.6) is 0 Å². The number of anilines is 2. The number of amidine groups is 1. The van der Waals surface area contributed by atoms with Crippen molar-refractivity contribution in [1.29, 1.82) is 0 Å². The van der Waals surface area contributed by atoms with E-state index in [0.717, 1.165) is 27.3 Å². The van der Waals surface area contributed by atoms with Crippen LogP contribution in [-0.4, -0.2) is 47.1 Å². The molecule has 19 heavy (non-hydrogen) atoms. The van der Waals surface area contributed by atoms with Gasteiger partial charge in [-0.1, -0.05) is 0 Å². The number of rotatable bonds is 1. The zero-order valence-corrected chi connectivity index (χ0v) is 11.6. The summed E-state index contributed by atoms with van der Waals surface area (Å²) in [5.74, 6) is 1.68. The smallest absolute Gasteiger partial charge is 0.413 e. The molecular formula is C11H10BrN5O2. The second kappa shape index (κ2) is 4.30. The molecule has 98 valence electrons. The van der Waals surface area contributed by atoms with Gasteiger partial charge in [0.05, 0.1) is 11.0 Å². The van der Waals surface area contributed by atoms with Crippen LogP contribution in [0.1, 0.15) is 5.56 Å². The minimum atomic E-state index is -1.09. The molecule has 8 heteroatoms. The minimum absolute atomic E-state index is 0.156. The van der Waals surface area contributed by atoms with Crippen LogP contribution in [0.25, 0.3) is 6.08 Å². The number of aliphatic imine (C=N–C) groups is 1. The average molecular weight is 324 g/mol. The highest BCUT2D eigenvalue weighted by Gasteiger charge is 2.29. The van der Waals surface area contributed by atoms with Crippen LogP contribution in [0.2, 0.25) is 0 Å². The van der Waals surface area contributed by atoms with Crippen molar-refractivity contribution in [1.82, 2.24) is 9.97 Å². The quantitative estimate of drug-likeness (QED) is 0.848. The van der Waals surface area contributed by atoms with Gasteiger partial charge in [0.1, 0.15) is 11.7 Å². The number of aromatic nitrogens is 2. The van der Waals surface area contributed by atoms with E-state index in [-0.39, 0.29) is 5.95 Å². The van der Waals surface area contributed by atoms with Gasteiger partial charge in [0.25, 0.3) is 0 Å². The van der Waals surface area contributed by atoms with Gasteiger partial charge in [-0.3, -0.25) is 4.99 Å². The van der Waals surface area contributed by atoms with Crippen molar-refractivity contribution >= 4 is 45.7 Å². The summed E-state index contributed by atoms with van der Waals surface area (Å²) in [7, 11) is 1.41. The third kappa shape index (κ3) is 1.88. The van der Waals surface area contributed by atoms with Gasteiger partial charge in [-0.05, 0) is 22.0 Å². The summed E-state index contributed by atoms with van der Waals surface area (Å²) in [6.07, 6.45) is 2.41. The highest BCUT2D eigenvalue weighted by molar-refractivity contribution is 9.12. The molecule has 2 aliphatic heterocycles. The Morgan fingerprint density at radius 1 is 1.58 bits per heavy atom. The highest BCUT2D eigenvalue weighted by Crippen LogP contribution is 2.33. The Morgan fingerprint density at radius 2 is 2.37 bits per heavy atom. The molecule has 0 aliphatic carbocycles. The Morgan fingerprint density at radius 3 is 3.11 bits per heavy atom. The lowest BCUT2D eigenvalue weighted by atomic mass is 10.2. The Labute approximate surface area is 117 Å². The van der Waals surface area contributed by atoms with E-state index in [4.69, 9.17) is 5.11 Å². The van der Waals surface area contributed by atoms with E-state index in [0.29, 0.717) is 12.4 Å². The topological polar surface area (TPSA) is 81.9 Å². The molecule has 2 aliphatic rings. The number of fused-ring (bicyclic) bond motifs is 3. The fourth-order valence-corrected chi connectivity index (χ4v) is 2.58. The van der Waals surface area contributed by atoms with Crippen LogP contribution >= 0.6 is 15.9 Å². The fraction of sp³-hybridized carbons (Fsp3) is 0.273. The van der Waals surface area contributed by atoms with E-state index in [1.165, 1.54) is 7.05 Å². The van der Waals surface area contributed by atoms with Gasteiger partial charge in [-0.15, -0.1) is 0 Å². The molecule has 0 bridgehead atoms. The fourth-order valence-electron chi connectivity index (χ4n) is 2.00. The SMILES string of the molecule is CN(C(=O)O)c1ncc2c(n1)N1CCN=C1C(Br)=C2. The summed E-state index contributed by atoms with van der Waals surface area (Å²) in [4.78, 5) is 26.7. The van der Waals surface area contributed by atoms with Crippen LogP contribution in [0, 0.1) is 0 Å². The zero-order chi connectivity index (χ0) is 13.6. The van der Waals surface area contributed by atoms with Gasteiger partial charge in [-0.2, -0.15) is 4.98 Å². The normalized spacial score (nSPS) is 16.4. The number of hydrogen-bond donors (Lipinski definition) is 1. The van der Waals surface area contributed by atoms with Gasteiger partial charge in [0.15, 0.2) is 0 Å². The van der Waals surface area contributed by atoms with Crippen LogP contribution in [0.4, 0.5) is 16.6 Å². The molecule has 0 saturated carbocycles. The predicted octanol–water partition coefficient (Wildman–Crippen LogP) is 1.56. The lowest BCUT2D eigenvalue weighted by molar-refractivity contribution is 0.203. The summed E-state index contributed by atoms with van der Waals surface area (Å²) < 4.78 is 0.889. The van der Waals surface area contributed by atoms with Gasteiger partial charge in [-0.25, -0.2) is 14.7 Å². The summed E-state index contributed by atoms with van der Waals surface area (Å²) in [6, 6.07) is 0. The molecule has 1 N–H and O–H groups in total. The van der Waals surface area contributed by atoms with Crippen LogP contribution in [-0.2, 0) is 0 Å². The van der Waals surface area contributed by atoms with Crippen molar-refractivity contribution < 1.29 is 9.90 Å².